The van der Waals surface area contributed by atoms with E-state index in [2.05, 4.69) is 4.99 Å². The van der Waals surface area contributed by atoms with Crippen LogP contribution in [0.25, 0.3) is 0 Å². The Balaban J connectivity index is 2.39. The van der Waals surface area contributed by atoms with Crippen molar-refractivity contribution in [2.45, 2.75) is 11.8 Å². The molecule has 2 rings (SSSR count). The SMILES string of the molecule is CC1=NCCN1S(=O)(=O)c1ccc(F)cc1. The number of aliphatic imine (C=N–C) groups is 1. The highest BCUT2D eigenvalue weighted by molar-refractivity contribution is 7.89. The molecule has 0 radical (unpaired) electrons. The fraction of sp³-hybridized carbons (Fsp3) is 0.300. The third-order valence-electron chi connectivity index (χ3n) is 2.41. The van der Waals surface area contributed by atoms with Crippen LogP contribution >= 0.6 is 0 Å². The molecule has 1 heterocycles. The van der Waals surface area contributed by atoms with E-state index in [1.54, 1.807) is 6.92 Å². The van der Waals surface area contributed by atoms with Gasteiger partial charge in [-0.25, -0.2) is 12.8 Å². The first-order chi connectivity index (χ1) is 7.51. The van der Waals surface area contributed by atoms with Gasteiger partial charge in [-0.15, -0.1) is 0 Å². The number of halogens is 1. The number of nitrogens with zero attached hydrogens (tertiary/aromatic N) is 2. The van der Waals surface area contributed by atoms with Gasteiger partial charge in [-0.2, -0.15) is 0 Å². The summed E-state index contributed by atoms with van der Waals surface area (Å²) in [7, 11) is -3.57. The number of sulfonamides is 1. The highest BCUT2D eigenvalue weighted by Crippen LogP contribution is 2.18. The van der Waals surface area contributed by atoms with Gasteiger partial charge in [-0.05, 0) is 31.2 Å². The van der Waals surface area contributed by atoms with Crippen LogP contribution in [0.15, 0.2) is 34.2 Å². The van der Waals surface area contributed by atoms with Crippen LogP contribution in [0.1, 0.15) is 6.92 Å². The molecule has 0 fully saturated rings. The Bertz CT molecular complexity index is 522. The topological polar surface area (TPSA) is 49.7 Å². The summed E-state index contributed by atoms with van der Waals surface area (Å²) in [6.07, 6.45) is 0. The molecule has 86 valence electrons. The molecule has 0 N–H and O–H groups in total. The maximum atomic E-state index is 12.7. The molecule has 0 bridgehead atoms. The van der Waals surface area contributed by atoms with E-state index in [0.717, 1.165) is 12.1 Å². The summed E-state index contributed by atoms with van der Waals surface area (Å²) in [6, 6.07) is 4.79. The minimum atomic E-state index is -3.57. The summed E-state index contributed by atoms with van der Waals surface area (Å²) in [5.74, 6) is 0.0232. The molecule has 0 aromatic heterocycles. The van der Waals surface area contributed by atoms with Crippen molar-refractivity contribution < 1.29 is 12.8 Å². The molecular weight excluding hydrogens is 231 g/mol. The second kappa shape index (κ2) is 3.86. The van der Waals surface area contributed by atoms with Gasteiger partial charge in [0, 0.05) is 0 Å². The van der Waals surface area contributed by atoms with Crippen molar-refractivity contribution >= 4 is 15.9 Å². The molecule has 0 saturated carbocycles. The maximum absolute atomic E-state index is 12.7. The first-order valence-corrected chi connectivity index (χ1v) is 6.25. The Kier molecular flexibility index (Phi) is 2.67. The molecule has 0 atom stereocenters. The molecule has 1 aliphatic rings. The van der Waals surface area contributed by atoms with E-state index in [0.29, 0.717) is 18.9 Å². The predicted octanol–water partition coefficient (Wildman–Crippen LogP) is 1.25. The van der Waals surface area contributed by atoms with Crippen molar-refractivity contribution in [3.63, 3.8) is 0 Å². The molecule has 1 aliphatic heterocycles. The van der Waals surface area contributed by atoms with Crippen molar-refractivity contribution in [3.8, 4) is 0 Å². The number of amidine groups is 1. The summed E-state index contributed by atoms with van der Waals surface area (Å²) in [6.45, 7) is 2.48. The lowest BCUT2D eigenvalue weighted by molar-refractivity contribution is 0.536. The van der Waals surface area contributed by atoms with Crippen LogP contribution < -0.4 is 0 Å². The van der Waals surface area contributed by atoms with Crippen LogP contribution in [-0.4, -0.2) is 31.6 Å². The van der Waals surface area contributed by atoms with E-state index < -0.39 is 15.8 Å². The minimum absolute atomic E-state index is 0.0883. The zero-order chi connectivity index (χ0) is 11.8. The molecule has 4 nitrogen and oxygen atoms in total. The van der Waals surface area contributed by atoms with Crippen LogP contribution in [0.2, 0.25) is 0 Å². The van der Waals surface area contributed by atoms with Crippen LogP contribution in [0, 0.1) is 5.82 Å². The predicted molar refractivity (Wildman–Crippen MR) is 58.3 cm³/mol. The molecule has 0 aliphatic carbocycles. The Labute approximate surface area is 93.5 Å². The average Bonchev–Trinajstić information content (AvgIpc) is 2.66. The molecule has 6 heteroatoms. The summed E-state index contributed by atoms with van der Waals surface area (Å²) >= 11 is 0. The van der Waals surface area contributed by atoms with Gasteiger partial charge in [0.15, 0.2) is 0 Å². The Morgan fingerprint density at radius 2 is 1.94 bits per heavy atom. The maximum Gasteiger partial charge on any atom is 0.265 e. The van der Waals surface area contributed by atoms with Gasteiger partial charge >= 0.3 is 0 Å². The fourth-order valence-electron chi connectivity index (χ4n) is 1.57. The molecule has 16 heavy (non-hydrogen) atoms. The lowest BCUT2D eigenvalue weighted by Crippen LogP contribution is -2.32. The number of benzene rings is 1. The molecule has 0 amide bonds. The zero-order valence-electron chi connectivity index (χ0n) is 8.72. The lowest BCUT2D eigenvalue weighted by Gasteiger charge is -2.18. The van der Waals surface area contributed by atoms with Gasteiger partial charge in [-0.3, -0.25) is 9.30 Å². The third-order valence-corrected chi connectivity index (χ3v) is 4.30. The van der Waals surface area contributed by atoms with Gasteiger partial charge in [0.25, 0.3) is 10.0 Å². The normalized spacial score (nSPS) is 16.4. The summed E-state index contributed by atoms with van der Waals surface area (Å²) in [5.41, 5.74) is 0. The van der Waals surface area contributed by atoms with Crippen LogP contribution in [0.5, 0.6) is 0 Å². The van der Waals surface area contributed by atoms with E-state index in [9.17, 15) is 12.8 Å². The summed E-state index contributed by atoms with van der Waals surface area (Å²) < 4.78 is 38.1. The molecule has 1 aromatic carbocycles. The van der Waals surface area contributed by atoms with Gasteiger partial charge in [0.05, 0.1) is 18.0 Å². The number of hydrogen-bond acceptors (Lipinski definition) is 3. The number of rotatable bonds is 2. The highest BCUT2D eigenvalue weighted by Gasteiger charge is 2.27. The van der Waals surface area contributed by atoms with Gasteiger partial charge in [-0.1, -0.05) is 0 Å². The highest BCUT2D eigenvalue weighted by atomic mass is 32.2. The molecule has 1 aromatic rings. The quantitative estimate of drug-likeness (QED) is 0.783. The van der Waals surface area contributed by atoms with E-state index in [4.69, 9.17) is 0 Å². The van der Waals surface area contributed by atoms with Crippen LogP contribution in [0.3, 0.4) is 0 Å². The fourth-order valence-corrected chi connectivity index (χ4v) is 3.03. The Morgan fingerprint density at radius 3 is 2.44 bits per heavy atom. The smallest absolute Gasteiger partial charge is 0.265 e. The lowest BCUT2D eigenvalue weighted by atomic mass is 10.4. The second-order valence-corrected chi connectivity index (χ2v) is 5.32. The molecular formula is C10H11FN2O2S. The molecule has 0 saturated heterocycles. The van der Waals surface area contributed by atoms with Gasteiger partial charge in [0.1, 0.15) is 11.7 Å². The molecule has 0 spiro atoms. The first kappa shape index (κ1) is 11.1. The first-order valence-electron chi connectivity index (χ1n) is 4.81. The summed E-state index contributed by atoms with van der Waals surface area (Å²) in [4.78, 5) is 4.10. The average molecular weight is 242 g/mol. The molecule has 0 unspecified atom stereocenters. The second-order valence-electron chi connectivity index (χ2n) is 3.46. The van der Waals surface area contributed by atoms with Gasteiger partial charge < -0.3 is 0 Å². The Hall–Kier alpha value is -1.43. The van der Waals surface area contributed by atoms with Crippen molar-refractivity contribution in [2.75, 3.05) is 13.1 Å². The third kappa shape index (κ3) is 1.80. The largest absolute Gasteiger partial charge is 0.270 e. The monoisotopic (exact) mass is 242 g/mol. The van der Waals surface area contributed by atoms with Gasteiger partial charge in [0.2, 0.25) is 0 Å². The number of hydrogen-bond donors (Lipinski definition) is 0. The van der Waals surface area contributed by atoms with E-state index >= 15 is 0 Å². The van der Waals surface area contributed by atoms with Crippen LogP contribution in [0.4, 0.5) is 4.39 Å². The van der Waals surface area contributed by atoms with E-state index in [1.165, 1.54) is 16.4 Å². The van der Waals surface area contributed by atoms with Crippen molar-refractivity contribution in [1.29, 1.82) is 0 Å². The van der Waals surface area contributed by atoms with Crippen molar-refractivity contribution in [2.24, 2.45) is 4.99 Å². The summed E-state index contributed by atoms with van der Waals surface area (Å²) in [5, 5.41) is 0. The van der Waals surface area contributed by atoms with E-state index in [1.807, 2.05) is 0 Å². The van der Waals surface area contributed by atoms with Crippen molar-refractivity contribution in [1.82, 2.24) is 4.31 Å². The van der Waals surface area contributed by atoms with E-state index in [-0.39, 0.29) is 4.90 Å². The zero-order valence-corrected chi connectivity index (χ0v) is 9.54. The van der Waals surface area contributed by atoms with Crippen molar-refractivity contribution in [3.05, 3.63) is 30.1 Å². The standard InChI is InChI=1S/C10H11FN2O2S/c1-8-12-6-7-13(8)16(14,15)10-4-2-9(11)3-5-10/h2-5H,6-7H2,1H3. The minimum Gasteiger partial charge on any atom is -0.270 e. The Morgan fingerprint density at radius 1 is 1.31 bits per heavy atom. The van der Waals surface area contributed by atoms with Crippen LogP contribution in [-0.2, 0) is 10.0 Å².